The summed E-state index contributed by atoms with van der Waals surface area (Å²) in [6.07, 6.45) is 3.22. The van der Waals surface area contributed by atoms with E-state index in [1.807, 2.05) is 24.3 Å². The molecule has 0 aliphatic rings. The first-order valence-corrected chi connectivity index (χ1v) is 13.9. The van der Waals surface area contributed by atoms with E-state index in [0.717, 1.165) is 10.9 Å². The Kier molecular flexibility index (Phi) is 10.3. The number of nitrogens with two attached hydrogens (primary N) is 1. The summed E-state index contributed by atoms with van der Waals surface area (Å²) < 4.78 is 0. The first kappa shape index (κ1) is 31.7. The van der Waals surface area contributed by atoms with E-state index in [2.05, 4.69) is 30.9 Å². The topological polar surface area (TPSA) is 236 Å². The number of carboxylic acids is 1. The molecule has 44 heavy (non-hydrogen) atoms. The number of phenolic OH excluding ortho intramolecular Hbond substituents is 1. The zero-order valence-electron chi connectivity index (χ0n) is 23.9. The number of carboxylic acid groups (broad SMARTS) is 1. The number of aliphatic hydroxyl groups excluding tert-OH is 1. The van der Waals surface area contributed by atoms with Gasteiger partial charge < -0.3 is 47.0 Å². The number of para-hydroxylation sites is 1. The van der Waals surface area contributed by atoms with Crippen LogP contribution in [0.2, 0.25) is 0 Å². The largest absolute Gasteiger partial charge is 0.508 e. The van der Waals surface area contributed by atoms with Crippen LogP contribution in [-0.4, -0.2) is 84.2 Å². The standard InChI is InChI=1S/C30H35N7O7/c1-16(38)26(31)29(42)36-23(10-17-6-8-20(39)9-7-17)27(40)35-24(11-18-13-33-22-5-3-2-4-21(18)22)28(41)37-25(30(43)44)12-19-14-32-15-34-19/h2-9,13-16,23-26,33,38-39H,10-12,31H2,1H3,(H,32,34)(H,35,40)(H,36,42)(H,37,41)(H,43,44). The van der Waals surface area contributed by atoms with Crippen LogP contribution < -0.4 is 21.7 Å². The van der Waals surface area contributed by atoms with Crippen LogP contribution in [0.3, 0.4) is 0 Å². The lowest BCUT2D eigenvalue weighted by Crippen LogP contribution is -2.59. The number of carbonyl (C=O) groups is 4. The summed E-state index contributed by atoms with van der Waals surface area (Å²) in [7, 11) is 0. The van der Waals surface area contributed by atoms with Gasteiger partial charge in [-0.2, -0.15) is 0 Å². The molecule has 0 fully saturated rings. The van der Waals surface area contributed by atoms with E-state index in [1.165, 1.54) is 31.6 Å². The highest BCUT2D eigenvalue weighted by Crippen LogP contribution is 2.20. The van der Waals surface area contributed by atoms with Gasteiger partial charge in [0.25, 0.3) is 0 Å². The van der Waals surface area contributed by atoms with Gasteiger partial charge in [-0.25, -0.2) is 9.78 Å². The van der Waals surface area contributed by atoms with E-state index in [-0.39, 0.29) is 25.0 Å². The van der Waals surface area contributed by atoms with Gasteiger partial charge in [-0.3, -0.25) is 14.4 Å². The summed E-state index contributed by atoms with van der Waals surface area (Å²) in [6.45, 7) is 1.34. The van der Waals surface area contributed by atoms with Gasteiger partial charge in [0.05, 0.1) is 12.4 Å². The van der Waals surface area contributed by atoms with Crippen LogP contribution in [0, 0.1) is 0 Å². The highest BCUT2D eigenvalue weighted by molar-refractivity contribution is 5.95. The Morgan fingerprint density at radius 2 is 1.50 bits per heavy atom. The highest BCUT2D eigenvalue weighted by Gasteiger charge is 2.32. The molecule has 2 heterocycles. The molecule has 0 radical (unpaired) electrons. The minimum atomic E-state index is -1.33. The molecule has 2 aromatic carbocycles. The maximum Gasteiger partial charge on any atom is 0.326 e. The number of imidazole rings is 1. The van der Waals surface area contributed by atoms with E-state index in [1.54, 1.807) is 18.3 Å². The Hall–Kier alpha value is -5.21. The molecular weight excluding hydrogens is 570 g/mol. The number of carbonyl (C=O) groups excluding carboxylic acids is 3. The Labute approximate surface area is 252 Å². The Morgan fingerprint density at radius 3 is 2.14 bits per heavy atom. The van der Waals surface area contributed by atoms with Crippen molar-refractivity contribution in [3.8, 4) is 5.75 Å². The maximum atomic E-state index is 13.7. The molecule has 0 aliphatic heterocycles. The van der Waals surface area contributed by atoms with Gasteiger partial charge in [0.1, 0.15) is 29.9 Å². The number of aromatic hydroxyl groups is 1. The van der Waals surface area contributed by atoms with Crippen molar-refractivity contribution in [1.82, 2.24) is 30.9 Å². The minimum Gasteiger partial charge on any atom is -0.508 e. The van der Waals surface area contributed by atoms with Crippen molar-refractivity contribution in [2.75, 3.05) is 0 Å². The number of fused-ring (bicyclic) bond motifs is 1. The maximum absolute atomic E-state index is 13.7. The van der Waals surface area contributed by atoms with Crippen molar-refractivity contribution in [1.29, 1.82) is 0 Å². The molecule has 0 aliphatic carbocycles. The quantitative estimate of drug-likeness (QED) is 0.0929. The molecule has 4 rings (SSSR count). The number of aromatic nitrogens is 3. The molecule has 4 aromatic rings. The van der Waals surface area contributed by atoms with Gasteiger partial charge in [-0.05, 0) is 36.2 Å². The molecule has 14 nitrogen and oxygen atoms in total. The third-order valence-corrected chi connectivity index (χ3v) is 7.16. The van der Waals surface area contributed by atoms with Crippen LogP contribution in [0.1, 0.15) is 23.7 Å². The van der Waals surface area contributed by atoms with Crippen molar-refractivity contribution < 1.29 is 34.5 Å². The number of H-pyrrole nitrogens is 2. The predicted octanol–water partition coefficient (Wildman–Crippen LogP) is -0.128. The van der Waals surface area contributed by atoms with E-state index in [4.69, 9.17) is 5.73 Å². The fourth-order valence-corrected chi connectivity index (χ4v) is 4.65. The second-order valence-corrected chi connectivity index (χ2v) is 10.5. The van der Waals surface area contributed by atoms with Crippen molar-refractivity contribution in [2.24, 2.45) is 5.73 Å². The summed E-state index contributed by atoms with van der Waals surface area (Å²) in [5.41, 5.74) is 8.36. The predicted molar refractivity (Wildman–Crippen MR) is 159 cm³/mol. The Morgan fingerprint density at radius 1 is 0.864 bits per heavy atom. The number of aromatic amines is 2. The van der Waals surface area contributed by atoms with Crippen LogP contribution in [0.4, 0.5) is 0 Å². The second-order valence-electron chi connectivity index (χ2n) is 10.5. The smallest absolute Gasteiger partial charge is 0.326 e. The SMILES string of the molecule is CC(O)C(N)C(=O)NC(Cc1ccc(O)cc1)C(=O)NC(Cc1c[nH]c2ccccc12)C(=O)NC(Cc1cnc[nH]1)C(=O)O. The third kappa shape index (κ3) is 8.20. The van der Waals surface area contributed by atoms with Gasteiger partial charge in [0, 0.05) is 48.3 Å². The van der Waals surface area contributed by atoms with Crippen LogP contribution in [-0.2, 0) is 38.4 Å². The first-order valence-electron chi connectivity index (χ1n) is 13.9. The van der Waals surface area contributed by atoms with Crippen LogP contribution in [0.5, 0.6) is 5.75 Å². The molecule has 0 spiro atoms. The number of hydrogen-bond acceptors (Lipinski definition) is 8. The third-order valence-electron chi connectivity index (χ3n) is 7.16. The van der Waals surface area contributed by atoms with E-state index >= 15 is 0 Å². The van der Waals surface area contributed by atoms with E-state index < -0.39 is 54.0 Å². The molecule has 14 heteroatoms. The number of phenols is 1. The lowest BCUT2D eigenvalue weighted by Gasteiger charge is -2.26. The number of amides is 3. The number of aliphatic carboxylic acids is 1. The molecule has 10 N–H and O–H groups in total. The van der Waals surface area contributed by atoms with E-state index in [0.29, 0.717) is 16.8 Å². The average molecular weight is 606 g/mol. The molecule has 5 unspecified atom stereocenters. The number of rotatable bonds is 14. The zero-order chi connectivity index (χ0) is 31.8. The summed E-state index contributed by atoms with van der Waals surface area (Å²) in [5, 5.41) is 37.8. The molecule has 0 saturated heterocycles. The van der Waals surface area contributed by atoms with Crippen molar-refractivity contribution in [3.05, 3.63) is 84.1 Å². The molecule has 0 saturated carbocycles. The summed E-state index contributed by atoms with van der Waals surface area (Å²) in [5.74, 6) is -3.57. The van der Waals surface area contributed by atoms with E-state index in [9.17, 15) is 34.5 Å². The Bertz CT molecular complexity index is 1580. The number of benzene rings is 2. The van der Waals surface area contributed by atoms with Gasteiger partial charge in [-0.1, -0.05) is 30.3 Å². The van der Waals surface area contributed by atoms with Gasteiger partial charge in [0.2, 0.25) is 17.7 Å². The van der Waals surface area contributed by atoms with Gasteiger partial charge in [0.15, 0.2) is 0 Å². The number of nitrogens with one attached hydrogen (secondary N) is 5. The van der Waals surface area contributed by atoms with Gasteiger partial charge >= 0.3 is 5.97 Å². The second kappa shape index (κ2) is 14.3. The molecular formula is C30H35N7O7. The highest BCUT2D eigenvalue weighted by atomic mass is 16.4. The lowest BCUT2D eigenvalue weighted by molar-refractivity contribution is -0.142. The lowest BCUT2D eigenvalue weighted by atomic mass is 10.0. The summed E-state index contributed by atoms with van der Waals surface area (Å²) >= 11 is 0. The van der Waals surface area contributed by atoms with Gasteiger partial charge in [-0.15, -0.1) is 0 Å². The normalized spacial score (nSPS) is 14.6. The molecule has 232 valence electrons. The van der Waals surface area contributed by atoms with Crippen molar-refractivity contribution in [3.63, 3.8) is 0 Å². The summed E-state index contributed by atoms with van der Waals surface area (Å²) in [4.78, 5) is 62.0. The van der Waals surface area contributed by atoms with Crippen molar-refractivity contribution in [2.45, 2.75) is 56.5 Å². The molecule has 2 aromatic heterocycles. The molecule has 0 bridgehead atoms. The fraction of sp³-hybridized carbons (Fsp3) is 0.300. The summed E-state index contributed by atoms with van der Waals surface area (Å²) in [6, 6.07) is 8.20. The van der Waals surface area contributed by atoms with Crippen LogP contribution in [0.25, 0.3) is 10.9 Å². The minimum absolute atomic E-state index is 0.00786. The molecule has 3 amide bonds. The first-order chi connectivity index (χ1) is 21.0. The number of hydrogen-bond donors (Lipinski definition) is 9. The van der Waals surface area contributed by atoms with Crippen LogP contribution in [0.15, 0.2) is 67.3 Å². The average Bonchev–Trinajstić information content (AvgIpc) is 3.66. The zero-order valence-corrected chi connectivity index (χ0v) is 23.9. The Balaban J connectivity index is 1.61. The van der Waals surface area contributed by atoms with Crippen LogP contribution >= 0.6 is 0 Å². The van der Waals surface area contributed by atoms with Crippen molar-refractivity contribution >= 4 is 34.6 Å². The fourth-order valence-electron chi connectivity index (χ4n) is 4.65. The number of nitrogens with zero attached hydrogens (tertiary/aromatic N) is 1. The molecule has 5 atom stereocenters. The monoisotopic (exact) mass is 605 g/mol. The number of aliphatic hydroxyl groups is 1.